The molecule has 1 heterocycles. The van der Waals surface area contributed by atoms with Crippen molar-refractivity contribution in [3.8, 4) is 5.88 Å². The van der Waals surface area contributed by atoms with Gasteiger partial charge in [-0.05, 0) is 30.9 Å². The maximum absolute atomic E-state index is 8.86. The van der Waals surface area contributed by atoms with E-state index in [4.69, 9.17) is 15.7 Å². The van der Waals surface area contributed by atoms with E-state index < -0.39 is 0 Å². The zero-order valence-corrected chi connectivity index (χ0v) is 12.6. The highest BCUT2D eigenvalue weighted by atomic mass is 16.5. The third-order valence-electron chi connectivity index (χ3n) is 3.49. The topological polar surface area (TPSA) is 80.7 Å². The quantitative estimate of drug-likeness (QED) is 0.331. The monoisotopic (exact) mass is 279 g/mol. The normalized spacial score (nSPS) is 13.2. The van der Waals surface area contributed by atoms with Crippen LogP contribution < -0.4 is 10.5 Å². The van der Waals surface area contributed by atoms with Crippen molar-refractivity contribution < 1.29 is 9.94 Å². The van der Waals surface area contributed by atoms with Gasteiger partial charge in [-0.1, -0.05) is 38.3 Å². The lowest BCUT2D eigenvalue weighted by molar-refractivity contribution is 0.225. The predicted octanol–water partition coefficient (Wildman–Crippen LogP) is 3.08. The number of amidine groups is 1. The van der Waals surface area contributed by atoms with Gasteiger partial charge in [0.05, 0.1) is 12.2 Å². The van der Waals surface area contributed by atoms with Crippen molar-refractivity contribution >= 4 is 5.84 Å². The summed E-state index contributed by atoms with van der Waals surface area (Å²) < 4.78 is 5.81. The first-order chi connectivity index (χ1) is 9.63. The second-order valence-electron chi connectivity index (χ2n) is 5.02. The van der Waals surface area contributed by atoms with E-state index in [0.717, 1.165) is 18.4 Å². The van der Waals surface area contributed by atoms with E-state index in [2.05, 4.69) is 24.0 Å². The minimum Gasteiger partial charge on any atom is -0.477 e. The Kier molecular flexibility index (Phi) is 6.84. The molecule has 0 radical (unpaired) electrons. The Labute approximate surface area is 120 Å². The van der Waals surface area contributed by atoms with Crippen molar-refractivity contribution in [2.45, 2.75) is 46.5 Å². The minimum absolute atomic E-state index is 0.0345. The average Bonchev–Trinajstić information content (AvgIpc) is 2.46. The summed E-state index contributed by atoms with van der Waals surface area (Å²) in [5.74, 6) is 0.986. The van der Waals surface area contributed by atoms with Crippen molar-refractivity contribution in [2.24, 2.45) is 16.8 Å². The van der Waals surface area contributed by atoms with Crippen molar-refractivity contribution in [3.05, 3.63) is 23.4 Å². The molecule has 0 aliphatic carbocycles. The van der Waals surface area contributed by atoms with Gasteiger partial charge in [-0.15, -0.1) is 0 Å². The number of oxime groups is 1. The molecule has 0 bridgehead atoms. The number of rotatable bonds is 8. The third kappa shape index (κ3) is 4.40. The minimum atomic E-state index is 0.0345. The summed E-state index contributed by atoms with van der Waals surface area (Å²) in [7, 11) is 0. The van der Waals surface area contributed by atoms with Crippen molar-refractivity contribution in [1.82, 2.24) is 4.98 Å². The van der Waals surface area contributed by atoms with Gasteiger partial charge in [-0.3, -0.25) is 0 Å². The number of nitrogens with two attached hydrogens (primary N) is 1. The van der Waals surface area contributed by atoms with Gasteiger partial charge in [0, 0.05) is 6.20 Å². The highest BCUT2D eigenvalue weighted by molar-refractivity contribution is 6.00. The maximum atomic E-state index is 8.86. The molecule has 0 saturated carbocycles. The molecule has 1 unspecified atom stereocenters. The van der Waals surface area contributed by atoms with Gasteiger partial charge in [0.25, 0.3) is 0 Å². The molecule has 1 atom stereocenters. The van der Waals surface area contributed by atoms with E-state index >= 15 is 0 Å². The molecule has 112 valence electrons. The van der Waals surface area contributed by atoms with Crippen LogP contribution in [0.5, 0.6) is 5.88 Å². The third-order valence-corrected chi connectivity index (χ3v) is 3.49. The molecular weight excluding hydrogens is 254 g/mol. The number of pyridine rings is 1. The maximum Gasteiger partial charge on any atom is 0.224 e. The number of aromatic nitrogens is 1. The summed E-state index contributed by atoms with van der Waals surface area (Å²) in [6, 6.07) is 1.81. The van der Waals surface area contributed by atoms with Crippen LogP contribution in [0.3, 0.4) is 0 Å². The van der Waals surface area contributed by atoms with E-state index in [-0.39, 0.29) is 5.84 Å². The Balaban J connectivity index is 2.79. The van der Waals surface area contributed by atoms with Crippen LogP contribution in [-0.4, -0.2) is 22.6 Å². The second-order valence-corrected chi connectivity index (χ2v) is 5.02. The van der Waals surface area contributed by atoms with E-state index in [1.807, 2.05) is 13.0 Å². The van der Waals surface area contributed by atoms with Crippen LogP contribution in [-0.2, 0) is 0 Å². The first-order valence-electron chi connectivity index (χ1n) is 7.20. The summed E-state index contributed by atoms with van der Waals surface area (Å²) in [6.45, 7) is 6.85. The van der Waals surface area contributed by atoms with E-state index in [9.17, 15) is 0 Å². The number of unbranched alkanes of at least 4 members (excludes halogenated alkanes) is 1. The van der Waals surface area contributed by atoms with Crippen LogP contribution in [0.1, 0.15) is 50.7 Å². The largest absolute Gasteiger partial charge is 0.477 e. The molecule has 5 heteroatoms. The van der Waals surface area contributed by atoms with Crippen LogP contribution >= 0.6 is 0 Å². The van der Waals surface area contributed by atoms with E-state index in [1.54, 1.807) is 6.20 Å². The fourth-order valence-corrected chi connectivity index (χ4v) is 2.10. The molecule has 3 N–H and O–H groups in total. The first-order valence-corrected chi connectivity index (χ1v) is 7.20. The average molecular weight is 279 g/mol. The molecule has 0 saturated heterocycles. The summed E-state index contributed by atoms with van der Waals surface area (Å²) in [5.41, 5.74) is 7.15. The van der Waals surface area contributed by atoms with E-state index in [1.165, 1.54) is 12.8 Å². The Hall–Kier alpha value is -1.78. The molecule has 0 spiro atoms. The van der Waals surface area contributed by atoms with Crippen LogP contribution in [0.4, 0.5) is 0 Å². The van der Waals surface area contributed by atoms with Gasteiger partial charge in [-0.25, -0.2) is 4.98 Å². The molecule has 1 rings (SSSR count). The van der Waals surface area contributed by atoms with Crippen molar-refractivity contribution in [3.63, 3.8) is 0 Å². The second kappa shape index (κ2) is 8.40. The standard InChI is InChI=1S/C15H25N3O2/c1-4-6-7-12(5-2)10-20-15-13(14(16)18-19)11(3)8-9-17-15/h8-9,12,19H,4-7,10H2,1-3H3,(H2,16,18). The molecule has 0 aliphatic rings. The number of hydrogen-bond donors (Lipinski definition) is 2. The van der Waals surface area contributed by atoms with Gasteiger partial charge >= 0.3 is 0 Å². The Morgan fingerprint density at radius 1 is 1.50 bits per heavy atom. The fraction of sp³-hybridized carbons (Fsp3) is 0.600. The zero-order valence-electron chi connectivity index (χ0n) is 12.6. The molecule has 0 aliphatic heterocycles. The molecule has 0 fully saturated rings. The molecule has 20 heavy (non-hydrogen) atoms. The van der Waals surface area contributed by atoms with Crippen molar-refractivity contribution in [1.29, 1.82) is 0 Å². The van der Waals surface area contributed by atoms with Crippen LogP contribution in [0, 0.1) is 12.8 Å². The molecule has 1 aromatic rings. The molecule has 0 aromatic carbocycles. The molecular formula is C15H25N3O2. The Morgan fingerprint density at radius 3 is 2.85 bits per heavy atom. The number of ether oxygens (including phenoxy) is 1. The Bertz CT molecular complexity index is 447. The van der Waals surface area contributed by atoms with Gasteiger partial charge < -0.3 is 15.7 Å². The van der Waals surface area contributed by atoms with Crippen LogP contribution in [0.2, 0.25) is 0 Å². The summed E-state index contributed by atoms with van der Waals surface area (Å²) >= 11 is 0. The Morgan fingerprint density at radius 2 is 2.25 bits per heavy atom. The highest BCUT2D eigenvalue weighted by Crippen LogP contribution is 2.21. The predicted molar refractivity (Wildman–Crippen MR) is 80.3 cm³/mol. The molecule has 1 aromatic heterocycles. The SMILES string of the molecule is CCCCC(CC)COc1nccc(C)c1/C(N)=N/O. The van der Waals surface area contributed by atoms with Crippen LogP contribution in [0.25, 0.3) is 0 Å². The van der Waals surface area contributed by atoms with Crippen molar-refractivity contribution in [2.75, 3.05) is 6.61 Å². The lowest BCUT2D eigenvalue weighted by atomic mass is 10.0. The van der Waals surface area contributed by atoms with E-state index in [0.29, 0.717) is 24.0 Å². The molecule has 5 nitrogen and oxygen atoms in total. The van der Waals surface area contributed by atoms with Gasteiger partial charge in [0.2, 0.25) is 5.88 Å². The summed E-state index contributed by atoms with van der Waals surface area (Å²) in [5, 5.41) is 11.9. The first kappa shape index (κ1) is 16.3. The fourth-order valence-electron chi connectivity index (χ4n) is 2.10. The number of nitrogens with zero attached hydrogens (tertiary/aromatic N) is 2. The van der Waals surface area contributed by atoms with Gasteiger partial charge in [-0.2, -0.15) is 0 Å². The van der Waals surface area contributed by atoms with Gasteiger partial charge in [0.1, 0.15) is 0 Å². The van der Waals surface area contributed by atoms with Crippen LogP contribution in [0.15, 0.2) is 17.4 Å². The number of hydrogen-bond acceptors (Lipinski definition) is 4. The number of aryl methyl sites for hydroxylation is 1. The lowest BCUT2D eigenvalue weighted by Crippen LogP contribution is -2.19. The zero-order chi connectivity index (χ0) is 15.0. The summed E-state index contributed by atoms with van der Waals surface area (Å²) in [6.07, 6.45) is 6.29. The summed E-state index contributed by atoms with van der Waals surface area (Å²) in [4.78, 5) is 4.20. The molecule has 0 amide bonds. The highest BCUT2D eigenvalue weighted by Gasteiger charge is 2.15. The smallest absolute Gasteiger partial charge is 0.224 e. The lowest BCUT2D eigenvalue weighted by Gasteiger charge is -2.17. The van der Waals surface area contributed by atoms with Gasteiger partial charge in [0.15, 0.2) is 5.84 Å².